The van der Waals surface area contributed by atoms with Crippen LogP contribution in [0.3, 0.4) is 0 Å². The Morgan fingerprint density at radius 3 is 2.57 bits per heavy atom. The summed E-state index contributed by atoms with van der Waals surface area (Å²) < 4.78 is 14.9. The molecule has 1 heterocycles. The lowest BCUT2D eigenvalue weighted by atomic mass is 10.1. The summed E-state index contributed by atoms with van der Waals surface area (Å²) in [4.78, 5) is 14.2. The van der Waals surface area contributed by atoms with E-state index in [2.05, 4.69) is 10.2 Å². The van der Waals surface area contributed by atoms with Gasteiger partial charge in [0, 0.05) is 19.7 Å². The number of carbonyl (C=O) groups excluding carboxylic acids is 1. The summed E-state index contributed by atoms with van der Waals surface area (Å²) in [6.45, 7) is 1.91. The number of halogens is 2. The second-order valence-electron chi connectivity index (χ2n) is 6.37. The standard InChI is InChI=1S/C20H20ClFN4OS/c1-13(14-8-10-15(22)11-9-14)25(2)18(27)12-28-20-24-23-19(26(20)3)16-6-4-5-7-17(16)21/h4-11,13H,12H2,1-3H3. The molecule has 2 aromatic carbocycles. The Hall–Kier alpha value is -2.38. The summed E-state index contributed by atoms with van der Waals surface area (Å²) in [5.74, 6) is 0.520. The minimum Gasteiger partial charge on any atom is -0.338 e. The second kappa shape index (κ2) is 8.75. The summed E-state index contributed by atoms with van der Waals surface area (Å²) in [5, 5.41) is 9.62. The summed E-state index contributed by atoms with van der Waals surface area (Å²) in [5.41, 5.74) is 1.67. The van der Waals surface area contributed by atoms with E-state index < -0.39 is 0 Å². The summed E-state index contributed by atoms with van der Waals surface area (Å²) in [6, 6.07) is 13.4. The van der Waals surface area contributed by atoms with Crippen molar-refractivity contribution >= 4 is 29.3 Å². The molecule has 0 saturated carbocycles. The van der Waals surface area contributed by atoms with Crippen LogP contribution in [0.5, 0.6) is 0 Å². The largest absolute Gasteiger partial charge is 0.338 e. The molecule has 0 fully saturated rings. The van der Waals surface area contributed by atoms with Gasteiger partial charge in [-0.2, -0.15) is 0 Å². The molecule has 28 heavy (non-hydrogen) atoms. The average Bonchev–Trinajstić information content (AvgIpc) is 3.06. The van der Waals surface area contributed by atoms with E-state index in [1.54, 1.807) is 30.1 Å². The Labute approximate surface area is 172 Å². The van der Waals surface area contributed by atoms with Crippen molar-refractivity contribution in [2.75, 3.05) is 12.8 Å². The summed E-state index contributed by atoms with van der Waals surface area (Å²) in [6.07, 6.45) is 0. The average molecular weight is 419 g/mol. The molecule has 0 saturated heterocycles. The van der Waals surface area contributed by atoms with E-state index in [-0.39, 0.29) is 23.5 Å². The number of benzene rings is 2. The zero-order valence-corrected chi connectivity index (χ0v) is 17.3. The van der Waals surface area contributed by atoms with Gasteiger partial charge < -0.3 is 9.47 Å². The van der Waals surface area contributed by atoms with Crippen LogP contribution in [0.2, 0.25) is 5.02 Å². The van der Waals surface area contributed by atoms with Crippen LogP contribution in [0.4, 0.5) is 4.39 Å². The smallest absolute Gasteiger partial charge is 0.233 e. The van der Waals surface area contributed by atoms with Gasteiger partial charge in [0.1, 0.15) is 5.82 Å². The normalized spacial score (nSPS) is 12.0. The third-order valence-electron chi connectivity index (χ3n) is 4.60. The van der Waals surface area contributed by atoms with Crippen LogP contribution in [0, 0.1) is 5.82 Å². The van der Waals surface area contributed by atoms with E-state index in [1.165, 1.54) is 23.9 Å². The van der Waals surface area contributed by atoms with Crippen molar-refractivity contribution in [3.63, 3.8) is 0 Å². The fraction of sp³-hybridized carbons (Fsp3) is 0.250. The molecule has 1 amide bonds. The molecule has 0 aliphatic rings. The molecule has 1 unspecified atom stereocenters. The van der Waals surface area contributed by atoms with E-state index in [1.807, 2.05) is 36.7 Å². The number of rotatable bonds is 6. The van der Waals surface area contributed by atoms with Crippen LogP contribution < -0.4 is 0 Å². The Morgan fingerprint density at radius 1 is 1.21 bits per heavy atom. The van der Waals surface area contributed by atoms with Crippen molar-refractivity contribution in [2.45, 2.75) is 18.1 Å². The number of nitrogens with zero attached hydrogens (tertiary/aromatic N) is 4. The fourth-order valence-corrected chi connectivity index (χ4v) is 3.78. The third-order valence-corrected chi connectivity index (χ3v) is 5.94. The van der Waals surface area contributed by atoms with Crippen LogP contribution in [0.15, 0.2) is 53.7 Å². The molecular weight excluding hydrogens is 399 g/mol. The van der Waals surface area contributed by atoms with Gasteiger partial charge in [-0.15, -0.1) is 10.2 Å². The second-order valence-corrected chi connectivity index (χ2v) is 7.72. The van der Waals surface area contributed by atoms with E-state index in [0.717, 1.165) is 11.1 Å². The highest BCUT2D eigenvalue weighted by Gasteiger charge is 2.20. The lowest BCUT2D eigenvalue weighted by Crippen LogP contribution is -2.31. The van der Waals surface area contributed by atoms with E-state index in [9.17, 15) is 9.18 Å². The van der Waals surface area contributed by atoms with Gasteiger partial charge >= 0.3 is 0 Å². The zero-order chi connectivity index (χ0) is 20.3. The number of hydrogen-bond acceptors (Lipinski definition) is 4. The quantitative estimate of drug-likeness (QED) is 0.549. The molecule has 3 aromatic rings. The molecule has 0 aliphatic heterocycles. The van der Waals surface area contributed by atoms with E-state index in [0.29, 0.717) is 16.0 Å². The van der Waals surface area contributed by atoms with Gasteiger partial charge in [0.25, 0.3) is 0 Å². The molecular formula is C20H20ClFN4OS. The third kappa shape index (κ3) is 4.36. The minimum absolute atomic E-state index is 0.0517. The summed E-state index contributed by atoms with van der Waals surface area (Å²) in [7, 11) is 3.58. The molecule has 0 N–H and O–H groups in total. The number of amides is 1. The van der Waals surface area contributed by atoms with Crippen LogP contribution in [-0.2, 0) is 11.8 Å². The van der Waals surface area contributed by atoms with Gasteiger partial charge in [-0.05, 0) is 36.8 Å². The van der Waals surface area contributed by atoms with Crippen molar-refractivity contribution in [2.24, 2.45) is 7.05 Å². The van der Waals surface area contributed by atoms with Gasteiger partial charge in [-0.3, -0.25) is 4.79 Å². The highest BCUT2D eigenvalue weighted by Crippen LogP contribution is 2.28. The first-order valence-electron chi connectivity index (χ1n) is 8.66. The van der Waals surface area contributed by atoms with Gasteiger partial charge in [0.05, 0.1) is 16.8 Å². The zero-order valence-electron chi connectivity index (χ0n) is 15.8. The number of aromatic nitrogens is 3. The SMILES string of the molecule is CC(c1ccc(F)cc1)N(C)C(=O)CSc1nnc(-c2ccccc2Cl)n1C. The van der Waals surface area contributed by atoms with Gasteiger partial charge in [-0.25, -0.2) is 4.39 Å². The molecule has 1 atom stereocenters. The fourth-order valence-electron chi connectivity index (χ4n) is 2.73. The lowest BCUT2D eigenvalue weighted by molar-refractivity contribution is -0.128. The Kier molecular flexibility index (Phi) is 6.36. The van der Waals surface area contributed by atoms with Gasteiger partial charge in [0.15, 0.2) is 11.0 Å². The van der Waals surface area contributed by atoms with Gasteiger partial charge in [0.2, 0.25) is 5.91 Å². The monoisotopic (exact) mass is 418 g/mol. The van der Waals surface area contributed by atoms with Gasteiger partial charge in [-0.1, -0.05) is 47.6 Å². The molecule has 0 aliphatic carbocycles. The van der Waals surface area contributed by atoms with Crippen molar-refractivity contribution in [3.8, 4) is 11.4 Å². The van der Waals surface area contributed by atoms with Crippen LogP contribution >= 0.6 is 23.4 Å². The molecule has 0 spiro atoms. The Balaban J connectivity index is 1.66. The van der Waals surface area contributed by atoms with Crippen molar-refractivity contribution < 1.29 is 9.18 Å². The van der Waals surface area contributed by atoms with Crippen LogP contribution in [0.1, 0.15) is 18.5 Å². The first-order valence-corrected chi connectivity index (χ1v) is 10.0. The highest BCUT2D eigenvalue weighted by molar-refractivity contribution is 7.99. The first-order chi connectivity index (χ1) is 13.4. The minimum atomic E-state index is -0.294. The molecule has 3 rings (SSSR count). The maximum Gasteiger partial charge on any atom is 0.233 e. The molecule has 146 valence electrons. The lowest BCUT2D eigenvalue weighted by Gasteiger charge is -2.25. The number of carbonyl (C=O) groups is 1. The van der Waals surface area contributed by atoms with Crippen molar-refractivity contribution in [3.05, 3.63) is 64.9 Å². The highest BCUT2D eigenvalue weighted by atomic mass is 35.5. The Morgan fingerprint density at radius 2 is 1.89 bits per heavy atom. The maximum atomic E-state index is 13.1. The predicted molar refractivity (Wildman–Crippen MR) is 110 cm³/mol. The molecule has 0 bridgehead atoms. The van der Waals surface area contributed by atoms with Crippen LogP contribution in [-0.4, -0.2) is 38.4 Å². The van der Waals surface area contributed by atoms with Crippen molar-refractivity contribution in [1.82, 2.24) is 19.7 Å². The molecule has 0 radical (unpaired) electrons. The molecule has 8 heteroatoms. The molecule has 1 aromatic heterocycles. The summed E-state index contributed by atoms with van der Waals surface area (Å²) >= 11 is 7.55. The van der Waals surface area contributed by atoms with Crippen LogP contribution in [0.25, 0.3) is 11.4 Å². The molecule has 5 nitrogen and oxygen atoms in total. The number of thioether (sulfide) groups is 1. The van der Waals surface area contributed by atoms with E-state index >= 15 is 0 Å². The van der Waals surface area contributed by atoms with E-state index in [4.69, 9.17) is 11.6 Å². The van der Waals surface area contributed by atoms with Crippen molar-refractivity contribution in [1.29, 1.82) is 0 Å². The number of hydrogen-bond donors (Lipinski definition) is 0. The Bertz CT molecular complexity index is 977. The maximum absolute atomic E-state index is 13.1. The first kappa shape index (κ1) is 20.4. The predicted octanol–water partition coefficient (Wildman–Crippen LogP) is 4.59. The topological polar surface area (TPSA) is 51.0 Å².